The average molecular weight is 565 g/mol. The predicted octanol–water partition coefficient (Wildman–Crippen LogP) is 7.27. The molecule has 206 valence electrons. The van der Waals surface area contributed by atoms with E-state index in [1.54, 1.807) is 6.92 Å². The molecule has 6 nitrogen and oxygen atoms in total. The number of hydrogen-bond acceptors (Lipinski definition) is 6. The summed E-state index contributed by atoms with van der Waals surface area (Å²) in [4.78, 5) is 41.0. The molecule has 1 aromatic heterocycles. The number of hydrogen-bond donors (Lipinski definition) is 2. The molecule has 39 heavy (non-hydrogen) atoms. The van der Waals surface area contributed by atoms with Crippen LogP contribution in [0, 0.1) is 0 Å². The molecular weight excluding hydrogens is 528 g/mol. The van der Waals surface area contributed by atoms with Crippen molar-refractivity contribution in [3.8, 4) is 0 Å². The number of carbonyl (C=O) groups excluding carboxylic acids is 3. The van der Waals surface area contributed by atoms with Gasteiger partial charge in [-0.1, -0.05) is 56.2 Å². The number of rotatable bonds is 10. The van der Waals surface area contributed by atoms with E-state index in [2.05, 4.69) is 10.6 Å². The zero-order chi connectivity index (χ0) is 27.6. The summed E-state index contributed by atoms with van der Waals surface area (Å²) in [6.45, 7) is 4.07. The highest BCUT2D eigenvalue weighted by Gasteiger charge is 2.28. The fraction of sp³-hybridized carbons (Fsp3) is 0.387. The number of ether oxygens (including phenoxy) is 1. The van der Waals surface area contributed by atoms with E-state index in [0.717, 1.165) is 48.1 Å². The number of benzene rings is 2. The first kappa shape index (κ1) is 28.9. The first-order chi connectivity index (χ1) is 19.0. The van der Waals surface area contributed by atoms with Crippen LogP contribution in [0.2, 0.25) is 0 Å². The Hall–Kier alpha value is -3.10. The third-order valence-electron chi connectivity index (χ3n) is 6.65. The van der Waals surface area contributed by atoms with Crippen molar-refractivity contribution in [2.24, 2.45) is 0 Å². The van der Waals surface area contributed by atoms with E-state index < -0.39 is 0 Å². The lowest BCUT2D eigenvalue weighted by molar-refractivity contribution is -0.116. The van der Waals surface area contributed by atoms with Crippen molar-refractivity contribution in [1.82, 2.24) is 0 Å². The summed E-state index contributed by atoms with van der Waals surface area (Å²) in [5.74, 6) is -0.584. The summed E-state index contributed by atoms with van der Waals surface area (Å²) in [5.41, 5.74) is 3.23. The largest absolute Gasteiger partial charge is 0.462 e. The molecule has 1 aliphatic carbocycles. The van der Waals surface area contributed by atoms with Gasteiger partial charge in [0.15, 0.2) is 0 Å². The van der Waals surface area contributed by atoms with Gasteiger partial charge in [0.05, 0.1) is 23.8 Å². The molecule has 8 heteroatoms. The molecule has 4 rings (SSSR count). The van der Waals surface area contributed by atoms with Crippen LogP contribution < -0.4 is 10.6 Å². The van der Waals surface area contributed by atoms with Crippen molar-refractivity contribution in [3.63, 3.8) is 0 Å². The van der Waals surface area contributed by atoms with Crippen LogP contribution in [0.4, 0.5) is 10.7 Å². The molecule has 2 N–H and O–H groups in total. The second kappa shape index (κ2) is 14.3. The quantitative estimate of drug-likeness (QED) is 0.200. The molecule has 1 unspecified atom stereocenters. The van der Waals surface area contributed by atoms with E-state index in [4.69, 9.17) is 4.74 Å². The van der Waals surface area contributed by atoms with E-state index in [1.807, 2.05) is 61.5 Å². The smallest absolute Gasteiger partial charge is 0.341 e. The first-order valence-electron chi connectivity index (χ1n) is 13.7. The zero-order valence-corrected chi connectivity index (χ0v) is 24.2. The van der Waals surface area contributed by atoms with Gasteiger partial charge < -0.3 is 15.4 Å². The lowest BCUT2D eigenvalue weighted by atomic mass is 9.96. The molecular formula is C31H36N2O4S2. The maximum atomic E-state index is 13.4. The minimum Gasteiger partial charge on any atom is -0.462 e. The molecule has 2 amide bonds. The highest BCUT2D eigenvalue weighted by Crippen LogP contribution is 2.38. The van der Waals surface area contributed by atoms with E-state index in [1.165, 1.54) is 34.4 Å². The van der Waals surface area contributed by atoms with Crippen LogP contribution in [0.1, 0.15) is 72.3 Å². The SMILES string of the molecule is CCOC(=O)c1c(NC(=O)C(CC)Sc2cccc(NC(=O)Cc3ccccc3)c2)sc2c1CCCCCC2. The number of carbonyl (C=O) groups is 3. The Kier molecular flexibility index (Phi) is 10.6. The minimum absolute atomic E-state index is 0.0899. The van der Waals surface area contributed by atoms with Crippen LogP contribution in [0.5, 0.6) is 0 Å². The highest BCUT2D eigenvalue weighted by atomic mass is 32.2. The number of nitrogens with one attached hydrogen (secondary N) is 2. The third-order valence-corrected chi connectivity index (χ3v) is 9.22. The van der Waals surface area contributed by atoms with E-state index in [0.29, 0.717) is 35.7 Å². The van der Waals surface area contributed by atoms with Crippen molar-refractivity contribution in [3.05, 3.63) is 76.2 Å². The molecule has 0 spiro atoms. The van der Waals surface area contributed by atoms with Crippen LogP contribution in [0.3, 0.4) is 0 Å². The van der Waals surface area contributed by atoms with Crippen LogP contribution in [0.25, 0.3) is 0 Å². The van der Waals surface area contributed by atoms with Gasteiger partial charge in [-0.05, 0) is 68.4 Å². The third kappa shape index (κ3) is 7.96. The molecule has 1 atom stereocenters. The number of thiophene rings is 1. The van der Waals surface area contributed by atoms with Crippen LogP contribution in [0.15, 0.2) is 59.5 Å². The summed E-state index contributed by atoms with van der Waals surface area (Å²) >= 11 is 2.97. The van der Waals surface area contributed by atoms with Crippen molar-refractivity contribution < 1.29 is 19.1 Å². The fourth-order valence-corrected chi connectivity index (χ4v) is 7.03. The fourth-order valence-electron chi connectivity index (χ4n) is 4.74. The standard InChI is InChI=1S/C31H36N2O4S2/c1-3-25(38-23-16-12-15-22(20-23)32-27(34)19-21-13-8-7-9-14-21)29(35)33-30-28(31(36)37-4-2)24-17-10-5-6-11-18-26(24)39-30/h7-9,12-16,20,25H,3-6,10-11,17-19H2,1-2H3,(H,32,34)(H,33,35). The summed E-state index contributed by atoms with van der Waals surface area (Å²) in [6, 6.07) is 17.2. The second-order valence-corrected chi connectivity index (χ2v) is 12.0. The minimum atomic E-state index is -0.361. The lowest BCUT2D eigenvalue weighted by Gasteiger charge is -2.16. The van der Waals surface area contributed by atoms with Crippen molar-refractivity contribution in [1.29, 1.82) is 0 Å². The topological polar surface area (TPSA) is 84.5 Å². The molecule has 0 bridgehead atoms. The van der Waals surface area contributed by atoms with Gasteiger partial charge in [0, 0.05) is 15.5 Å². The molecule has 1 heterocycles. The van der Waals surface area contributed by atoms with E-state index in [-0.39, 0.29) is 23.0 Å². The first-order valence-corrected chi connectivity index (χ1v) is 15.4. The van der Waals surface area contributed by atoms with Gasteiger partial charge in [-0.2, -0.15) is 0 Å². The van der Waals surface area contributed by atoms with E-state index >= 15 is 0 Å². The Morgan fingerprint density at radius 2 is 1.72 bits per heavy atom. The molecule has 2 aromatic carbocycles. The van der Waals surface area contributed by atoms with Gasteiger partial charge in [0.2, 0.25) is 11.8 Å². The maximum absolute atomic E-state index is 13.4. The van der Waals surface area contributed by atoms with Gasteiger partial charge in [0.1, 0.15) is 5.00 Å². The Labute approximate surface area is 238 Å². The van der Waals surface area contributed by atoms with Gasteiger partial charge in [0.25, 0.3) is 0 Å². The molecule has 0 saturated carbocycles. The van der Waals surface area contributed by atoms with Crippen molar-refractivity contribution >= 4 is 51.6 Å². The molecule has 0 saturated heterocycles. The molecule has 0 aliphatic heterocycles. The maximum Gasteiger partial charge on any atom is 0.341 e. The van der Waals surface area contributed by atoms with Crippen LogP contribution in [-0.2, 0) is 33.6 Å². The number of fused-ring (bicyclic) bond motifs is 1. The second-order valence-electron chi connectivity index (χ2n) is 9.58. The Morgan fingerprint density at radius 3 is 2.46 bits per heavy atom. The average Bonchev–Trinajstić information content (AvgIpc) is 3.23. The Bertz CT molecular complexity index is 1290. The monoisotopic (exact) mass is 564 g/mol. The van der Waals surface area contributed by atoms with Gasteiger partial charge in [-0.25, -0.2) is 4.79 Å². The normalized spacial score (nSPS) is 13.9. The zero-order valence-electron chi connectivity index (χ0n) is 22.6. The summed E-state index contributed by atoms with van der Waals surface area (Å²) in [7, 11) is 0. The van der Waals surface area contributed by atoms with Gasteiger partial charge in [-0.15, -0.1) is 23.1 Å². The van der Waals surface area contributed by atoms with Crippen LogP contribution >= 0.6 is 23.1 Å². The van der Waals surface area contributed by atoms with Crippen molar-refractivity contribution in [2.45, 2.75) is 75.4 Å². The molecule has 0 fully saturated rings. The Morgan fingerprint density at radius 1 is 0.949 bits per heavy atom. The Balaban J connectivity index is 1.46. The van der Waals surface area contributed by atoms with Crippen LogP contribution in [-0.4, -0.2) is 29.6 Å². The molecule has 1 aliphatic rings. The highest BCUT2D eigenvalue weighted by molar-refractivity contribution is 8.00. The number of thioether (sulfide) groups is 1. The molecule has 3 aromatic rings. The number of esters is 1. The van der Waals surface area contributed by atoms with Gasteiger partial charge in [-0.3, -0.25) is 9.59 Å². The summed E-state index contributed by atoms with van der Waals surface area (Å²) in [5, 5.41) is 6.28. The summed E-state index contributed by atoms with van der Waals surface area (Å²) in [6.07, 6.45) is 7.14. The van der Waals surface area contributed by atoms with E-state index in [9.17, 15) is 14.4 Å². The summed E-state index contributed by atoms with van der Waals surface area (Å²) < 4.78 is 5.39. The number of aryl methyl sites for hydroxylation is 1. The van der Waals surface area contributed by atoms with Crippen molar-refractivity contribution in [2.75, 3.05) is 17.2 Å². The number of amides is 2. The lowest BCUT2D eigenvalue weighted by Crippen LogP contribution is -2.25. The molecule has 0 radical (unpaired) electrons. The predicted molar refractivity (Wildman–Crippen MR) is 160 cm³/mol. The van der Waals surface area contributed by atoms with Gasteiger partial charge >= 0.3 is 5.97 Å². The number of anilines is 2.